The number of hydrogen-bond acceptors (Lipinski definition) is 7. The maximum Gasteiger partial charge on any atom is 0.410 e. The summed E-state index contributed by atoms with van der Waals surface area (Å²) in [6, 6.07) is 25.5. The summed E-state index contributed by atoms with van der Waals surface area (Å²) in [7, 11) is 3.33. The van der Waals surface area contributed by atoms with E-state index < -0.39 is 5.60 Å². The molecule has 2 unspecified atom stereocenters. The lowest BCUT2D eigenvalue weighted by Gasteiger charge is -2.39. The van der Waals surface area contributed by atoms with Gasteiger partial charge in [0.15, 0.2) is 0 Å². The average Bonchev–Trinajstić information content (AvgIpc) is 3.07. The molecule has 4 aromatic carbocycles. The molecule has 8 nitrogen and oxygen atoms in total. The van der Waals surface area contributed by atoms with Gasteiger partial charge in [0.25, 0.3) is 0 Å². The van der Waals surface area contributed by atoms with Crippen molar-refractivity contribution in [1.82, 2.24) is 4.90 Å². The van der Waals surface area contributed by atoms with E-state index in [9.17, 15) is 4.79 Å². The Bertz CT molecular complexity index is 1640. The Morgan fingerprint density at radius 1 is 0.872 bits per heavy atom. The number of carbonyl (C=O) groups is 1. The van der Waals surface area contributed by atoms with Crippen LogP contribution in [0.25, 0.3) is 10.8 Å². The van der Waals surface area contributed by atoms with Crippen LogP contribution in [0.5, 0.6) is 23.0 Å². The Morgan fingerprint density at radius 2 is 1.57 bits per heavy atom. The van der Waals surface area contributed by atoms with Gasteiger partial charge in [-0.2, -0.15) is 0 Å². The van der Waals surface area contributed by atoms with Gasteiger partial charge < -0.3 is 33.3 Å². The second kappa shape index (κ2) is 15.6. The number of carbonyl (C=O) groups excluding carboxylic acids is 1. The number of hydrogen-bond donors (Lipinski definition) is 0. The molecule has 1 amide bonds. The number of benzene rings is 4. The number of fused-ring (bicyclic) bond motifs is 1. The number of piperidine rings is 1. The Hall–Kier alpha value is -4.14. The lowest BCUT2D eigenvalue weighted by atomic mass is 9.87. The molecule has 0 spiro atoms. The van der Waals surface area contributed by atoms with Crippen molar-refractivity contribution in [1.29, 1.82) is 0 Å². The molecule has 2 atom stereocenters. The average molecular weight is 662 g/mol. The minimum atomic E-state index is -0.587. The maximum absolute atomic E-state index is 13.1. The predicted molar refractivity (Wildman–Crippen MR) is 184 cm³/mol. The van der Waals surface area contributed by atoms with E-state index in [-0.39, 0.29) is 24.7 Å². The molecule has 47 heavy (non-hydrogen) atoms. The first-order valence-electron chi connectivity index (χ1n) is 16.0. The Kier molecular flexibility index (Phi) is 11.4. The zero-order valence-corrected chi connectivity index (χ0v) is 28.5. The molecular weight excluding hydrogens is 618 g/mol. The molecule has 1 heterocycles. The number of likely N-dealkylation sites (tertiary alicyclic amines) is 1. The third-order valence-electron chi connectivity index (χ3n) is 8.08. The van der Waals surface area contributed by atoms with Crippen molar-refractivity contribution in [3.8, 4) is 23.0 Å². The van der Waals surface area contributed by atoms with Gasteiger partial charge in [0.2, 0.25) is 0 Å². The molecule has 0 radical (unpaired) electrons. The van der Waals surface area contributed by atoms with E-state index in [0.29, 0.717) is 37.1 Å². The summed E-state index contributed by atoms with van der Waals surface area (Å²) in [5, 5.41) is 2.52. The van der Waals surface area contributed by atoms with Crippen LogP contribution in [0.2, 0.25) is 5.02 Å². The fraction of sp³-hybridized carbons (Fsp3) is 0.395. The fourth-order valence-electron chi connectivity index (χ4n) is 5.85. The highest BCUT2D eigenvalue weighted by Gasteiger charge is 2.35. The van der Waals surface area contributed by atoms with Gasteiger partial charge in [0, 0.05) is 35.2 Å². The van der Waals surface area contributed by atoms with Gasteiger partial charge in [-0.1, -0.05) is 60.1 Å². The zero-order valence-electron chi connectivity index (χ0n) is 27.8. The molecule has 0 saturated carbocycles. The molecule has 0 aliphatic carbocycles. The number of ether oxygens (including phenoxy) is 6. The Morgan fingerprint density at radius 3 is 2.28 bits per heavy atom. The van der Waals surface area contributed by atoms with Crippen molar-refractivity contribution in [3.05, 3.63) is 95.0 Å². The van der Waals surface area contributed by atoms with Crippen LogP contribution in [0.3, 0.4) is 0 Å². The van der Waals surface area contributed by atoms with Crippen LogP contribution in [0.15, 0.2) is 78.9 Å². The summed E-state index contributed by atoms with van der Waals surface area (Å²) in [4.78, 5) is 14.8. The monoisotopic (exact) mass is 661 g/mol. The quantitative estimate of drug-likeness (QED) is 0.141. The van der Waals surface area contributed by atoms with Crippen LogP contribution in [-0.2, 0) is 16.1 Å². The normalized spacial score (nSPS) is 16.5. The molecule has 5 rings (SSSR count). The Balaban J connectivity index is 1.28. The van der Waals surface area contributed by atoms with Gasteiger partial charge in [-0.3, -0.25) is 0 Å². The van der Waals surface area contributed by atoms with E-state index in [1.54, 1.807) is 19.1 Å². The molecule has 250 valence electrons. The van der Waals surface area contributed by atoms with Crippen molar-refractivity contribution < 1.29 is 33.2 Å². The number of rotatable bonds is 12. The lowest BCUT2D eigenvalue weighted by molar-refractivity contribution is -0.0363. The largest absolute Gasteiger partial charge is 0.496 e. The van der Waals surface area contributed by atoms with Crippen LogP contribution < -0.4 is 18.9 Å². The molecule has 1 saturated heterocycles. The van der Waals surface area contributed by atoms with E-state index in [1.165, 1.54) is 0 Å². The zero-order chi connectivity index (χ0) is 33.4. The van der Waals surface area contributed by atoms with Crippen LogP contribution >= 0.6 is 11.6 Å². The number of para-hydroxylation sites is 1. The smallest absolute Gasteiger partial charge is 0.410 e. The first kappa shape index (κ1) is 34.2. The minimum Gasteiger partial charge on any atom is -0.496 e. The molecule has 1 fully saturated rings. The Labute approximate surface area is 282 Å². The van der Waals surface area contributed by atoms with Crippen LogP contribution in [0.1, 0.15) is 50.7 Å². The van der Waals surface area contributed by atoms with Crippen molar-refractivity contribution in [2.24, 2.45) is 0 Å². The van der Waals surface area contributed by atoms with Crippen molar-refractivity contribution >= 4 is 28.5 Å². The molecular formula is C38H44ClNO7. The van der Waals surface area contributed by atoms with Crippen molar-refractivity contribution in [2.75, 3.05) is 40.5 Å². The van der Waals surface area contributed by atoms with Gasteiger partial charge >= 0.3 is 6.09 Å². The van der Waals surface area contributed by atoms with E-state index in [2.05, 4.69) is 12.1 Å². The number of nitrogens with zero attached hydrogens (tertiary/aromatic N) is 1. The summed E-state index contributed by atoms with van der Waals surface area (Å²) in [6.45, 7) is 7.89. The van der Waals surface area contributed by atoms with Gasteiger partial charge in [-0.05, 0) is 63.1 Å². The van der Waals surface area contributed by atoms with Gasteiger partial charge in [0.1, 0.15) is 28.6 Å². The maximum atomic E-state index is 13.1. The molecule has 0 N–H and O–H groups in total. The summed E-state index contributed by atoms with van der Waals surface area (Å²) in [5.41, 5.74) is 1.41. The number of halogens is 1. The first-order chi connectivity index (χ1) is 22.7. The predicted octanol–water partition coefficient (Wildman–Crippen LogP) is 8.67. The lowest BCUT2D eigenvalue weighted by Crippen LogP contribution is -2.48. The summed E-state index contributed by atoms with van der Waals surface area (Å²) in [5.74, 6) is 3.01. The highest BCUT2D eigenvalue weighted by atomic mass is 35.5. The third kappa shape index (κ3) is 8.82. The summed E-state index contributed by atoms with van der Waals surface area (Å²) >= 11 is 6.17. The highest BCUT2D eigenvalue weighted by Crippen LogP contribution is 2.38. The summed E-state index contributed by atoms with van der Waals surface area (Å²) in [6.07, 6.45) is 0.820. The number of amides is 1. The van der Waals surface area contributed by atoms with Crippen molar-refractivity contribution in [3.63, 3.8) is 0 Å². The standard InChI is InChI=1S/C38H44ClNO7/c1-38(2,3)47-37(41)40-20-19-29(26-15-17-28(18-16-26)44-21-10-22-45-33-14-9-8-13-32(33)39)35(24-40)46-25-27-23-34(42-4)30-11-6-7-12-31(30)36(27)43-5/h6-9,11-18,23,29,35H,10,19-22,24-25H2,1-5H3. The molecule has 0 bridgehead atoms. The minimum absolute atomic E-state index is 0.0557. The fourth-order valence-corrected chi connectivity index (χ4v) is 6.04. The van der Waals surface area contributed by atoms with E-state index in [0.717, 1.165) is 52.0 Å². The van der Waals surface area contributed by atoms with E-state index in [4.69, 9.17) is 40.0 Å². The van der Waals surface area contributed by atoms with E-state index >= 15 is 0 Å². The van der Waals surface area contributed by atoms with Gasteiger partial charge in [0.05, 0.1) is 51.7 Å². The first-order valence-corrected chi connectivity index (χ1v) is 16.4. The third-order valence-corrected chi connectivity index (χ3v) is 8.39. The van der Waals surface area contributed by atoms with Gasteiger partial charge in [-0.15, -0.1) is 0 Å². The van der Waals surface area contributed by atoms with Crippen LogP contribution in [0, 0.1) is 0 Å². The van der Waals surface area contributed by atoms with Crippen LogP contribution in [0.4, 0.5) is 4.79 Å². The SMILES string of the molecule is COc1cc(COC2CN(C(=O)OC(C)(C)C)CCC2c2ccc(OCCCOc3ccccc3Cl)cc2)c(OC)c2ccccc12. The second-order valence-corrected chi connectivity index (χ2v) is 12.9. The van der Waals surface area contributed by atoms with E-state index in [1.807, 2.05) is 87.5 Å². The summed E-state index contributed by atoms with van der Waals surface area (Å²) < 4.78 is 35.7. The van der Waals surface area contributed by atoms with Crippen LogP contribution in [-0.4, -0.2) is 63.2 Å². The molecule has 0 aromatic heterocycles. The van der Waals surface area contributed by atoms with Gasteiger partial charge in [-0.25, -0.2) is 4.79 Å². The topological polar surface area (TPSA) is 75.7 Å². The highest BCUT2D eigenvalue weighted by molar-refractivity contribution is 6.32. The molecule has 1 aliphatic rings. The molecule has 4 aromatic rings. The number of methoxy groups -OCH3 is 2. The van der Waals surface area contributed by atoms with Crippen molar-refractivity contribution in [2.45, 2.75) is 57.8 Å². The second-order valence-electron chi connectivity index (χ2n) is 12.5. The molecule has 9 heteroatoms. The molecule has 1 aliphatic heterocycles.